The van der Waals surface area contributed by atoms with Crippen LogP contribution in [0.4, 0.5) is 0 Å². The summed E-state index contributed by atoms with van der Waals surface area (Å²) in [6, 6.07) is 11.3. The van der Waals surface area contributed by atoms with E-state index in [1.165, 1.54) is 16.3 Å². The first kappa shape index (κ1) is 20.4. The molecule has 1 aromatic heterocycles. The molecule has 3 nitrogen and oxygen atoms in total. The molecule has 0 unspecified atom stereocenters. The number of halogens is 2. The molecular formula is C17H25Cl2N3S. The Hall–Kier alpha value is -0.650. The highest BCUT2D eigenvalue weighted by Crippen LogP contribution is 2.16. The Kier molecular flexibility index (Phi) is 9.10. The smallest absolute Gasteiger partial charge is 0.0932 e. The molecule has 1 N–H and O–H groups in total. The monoisotopic (exact) mass is 373 g/mol. The summed E-state index contributed by atoms with van der Waals surface area (Å²) < 4.78 is 0. The molecule has 3 rings (SSSR count). The van der Waals surface area contributed by atoms with Gasteiger partial charge in [0.15, 0.2) is 0 Å². The fourth-order valence-electron chi connectivity index (χ4n) is 2.76. The van der Waals surface area contributed by atoms with Crippen LogP contribution in [0.15, 0.2) is 35.7 Å². The first-order valence-electron chi connectivity index (χ1n) is 7.73. The zero-order valence-corrected chi connectivity index (χ0v) is 15.9. The number of nitrogens with one attached hydrogen (secondary N) is 1. The van der Waals surface area contributed by atoms with Crippen molar-refractivity contribution in [3.05, 3.63) is 52.0 Å². The molecular weight excluding hydrogens is 349 g/mol. The lowest BCUT2D eigenvalue weighted by Gasteiger charge is -2.33. The van der Waals surface area contributed by atoms with Gasteiger partial charge >= 0.3 is 0 Å². The van der Waals surface area contributed by atoms with E-state index in [0.29, 0.717) is 6.04 Å². The minimum atomic E-state index is 0. The third-order valence-electron chi connectivity index (χ3n) is 4.07. The standard InChI is InChI=1S/C17H23N3S.2ClH/c1-14-11-18-9-10-20(14)12-16-13-21-17(19-16)8-7-15-5-3-2-4-6-15;;/h2-6,13-14,18H,7-12H2,1H3;2*1H/t14-;;/m0../s1. The lowest BCUT2D eigenvalue weighted by molar-refractivity contribution is 0.164. The molecule has 0 spiro atoms. The Labute approximate surface area is 155 Å². The van der Waals surface area contributed by atoms with Crippen molar-refractivity contribution in [1.29, 1.82) is 0 Å². The van der Waals surface area contributed by atoms with Crippen LogP contribution in [0.1, 0.15) is 23.2 Å². The SMILES string of the molecule is C[C@H]1CNCCN1Cc1csc(CCc2ccccc2)n1.Cl.Cl. The van der Waals surface area contributed by atoms with E-state index >= 15 is 0 Å². The van der Waals surface area contributed by atoms with Crippen LogP contribution < -0.4 is 5.32 Å². The topological polar surface area (TPSA) is 28.2 Å². The summed E-state index contributed by atoms with van der Waals surface area (Å²) in [6.07, 6.45) is 2.13. The summed E-state index contributed by atoms with van der Waals surface area (Å²) in [7, 11) is 0. The van der Waals surface area contributed by atoms with Crippen LogP contribution in [-0.4, -0.2) is 35.6 Å². The van der Waals surface area contributed by atoms with Crippen LogP contribution >= 0.6 is 36.2 Å². The maximum absolute atomic E-state index is 4.81. The average molecular weight is 374 g/mol. The molecule has 128 valence electrons. The summed E-state index contributed by atoms with van der Waals surface area (Å²) in [6.45, 7) is 6.58. The van der Waals surface area contributed by atoms with Gasteiger partial charge in [-0.25, -0.2) is 4.98 Å². The largest absolute Gasteiger partial charge is 0.314 e. The number of thiazole rings is 1. The van der Waals surface area contributed by atoms with Crippen molar-refractivity contribution in [3.63, 3.8) is 0 Å². The Balaban J connectivity index is 0.00000132. The first-order valence-corrected chi connectivity index (χ1v) is 8.61. The molecule has 0 amide bonds. The van der Waals surface area contributed by atoms with Crippen molar-refractivity contribution < 1.29 is 0 Å². The van der Waals surface area contributed by atoms with Crippen LogP contribution in [0.5, 0.6) is 0 Å². The Morgan fingerprint density at radius 1 is 1.22 bits per heavy atom. The van der Waals surface area contributed by atoms with E-state index in [0.717, 1.165) is 39.0 Å². The number of benzene rings is 1. The number of hydrogen-bond donors (Lipinski definition) is 1. The van der Waals surface area contributed by atoms with E-state index in [1.54, 1.807) is 11.3 Å². The van der Waals surface area contributed by atoms with Crippen molar-refractivity contribution >= 4 is 36.2 Å². The second-order valence-corrected chi connectivity index (χ2v) is 6.68. The molecule has 2 aromatic rings. The van der Waals surface area contributed by atoms with Crippen molar-refractivity contribution in [1.82, 2.24) is 15.2 Å². The fraction of sp³-hybridized carbons (Fsp3) is 0.471. The van der Waals surface area contributed by atoms with E-state index in [9.17, 15) is 0 Å². The van der Waals surface area contributed by atoms with Gasteiger partial charge in [0.05, 0.1) is 10.7 Å². The summed E-state index contributed by atoms with van der Waals surface area (Å²) >= 11 is 1.81. The summed E-state index contributed by atoms with van der Waals surface area (Å²) in [5.74, 6) is 0. The maximum Gasteiger partial charge on any atom is 0.0932 e. The molecule has 1 fully saturated rings. The Morgan fingerprint density at radius 3 is 2.74 bits per heavy atom. The van der Waals surface area contributed by atoms with Gasteiger partial charge in [-0.05, 0) is 18.9 Å². The minimum Gasteiger partial charge on any atom is -0.314 e. The van der Waals surface area contributed by atoms with Crippen molar-refractivity contribution in [2.24, 2.45) is 0 Å². The first-order chi connectivity index (χ1) is 10.3. The minimum absolute atomic E-state index is 0. The fourth-order valence-corrected chi connectivity index (χ4v) is 3.55. The molecule has 0 aliphatic carbocycles. The number of aryl methyl sites for hydroxylation is 2. The molecule has 23 heavy (non-hydrogen) atoms. The van der Waals surface area contributed by atoms with E-state index in [2.05, 4.69) is 52.9 Å². The molecule has 2 heterocycles. The van der Waals surface area contributed by atoms with Gasteiger partial charge in [-0.2, -0.15) is 0 Å². The quantitative estimate of drug-likeness (QED) is 0.867. The van der Waals surface area contributed by atoms with Crippen LogP contribution in [0.3, 0.4) is 0 Å². The lowest BCUT2D eigenvalue weighted by Crippen LogP contribution is -2.49. The Morgan fingerprint density at radius 2 is 2.00 bits per heavy atom. The third kappa shape index (κ3) is 6.05. The number of aromatic nitrogens is 1. The highest BCUT2D eigenvalue weighted by molar-refractivity contribution is 7.09. The average Bonchev–Trinajstić information content (AvgIpc) is 2.96. The molecule has 1 saturated heterocycles. The second-order valence-electron chi connectivity index (χ2n) is 5.74. The molecule has 0 radical (unpaired) electrons. The maximum atomic E-state index is 4.81. The zero-order chi connectivity index (χ0) is 14.5. The predicted octanol–water partition coefficient (Wildman–Crippen LogP) is 3.57. The second kappa shape index (κ2) is 10.3. The predicted molar refractivity (Wildman–Crippen MR) is 103 cm³/mol. The molecule has 1 atom stereocenters. The van der Waals surface area contributed by atoms with E-state index < -0.39 is 0 Å². The number of rotatable bonds is 5. The molecule has 6 heteroatoms. The van der Waals surface area contributed by atoms with E-state index in [-0.39, 0.29) is 24.8 Å². The summed E-state index contributed by atoms with van der Waals surface area (Å²) in [5, 5.41) is 6.93. The van der Waals surface area contributed by atoms with Crippen LogP contribution in [0.25, 0.3) is 0 Å². The van der Waals surface area contributed by atoms with Gasteiger partial charge in [-0.1, -0.05) is 30.3 Å². The van der Waals surface area contributed by atoms with Crippen molar-refractivity contribution in [2.45, 2.75) is 32.4 Å². The van der Waals surface area contributed by atoms with Gasteiger partial charge in [0.2, 0.25) is 0 Å². The van der Waals surface area contributed by atoms with Gasteiger partial charge < -0.3 is 5.32 Å². The number of nitrogens with zero attached hydrogens (tertiary/aromatic N) is 2. The summed E-state index contributed by atoms with van der Waals surface area (Å²) in [5.41, 5.74) is 2.63. The van der Waals surface area contributed by atoms with Crippen molar-refractivity contribution in [2.75, 3.05) is 19.6 Å². The summed E-state index contributed by atoms with van der Waals surface area (Å²) in [4.78, 5) is 7.33. The van der Waals surface area contributed by atoms with Crippen molar-refractivity contribution in [3.8, 4) is 0 Å². The van der Waals surface area contributed by atoms with Crippen LogP contribution in [-0.2, 0) is 19.4 Å². The molecule has 1 aliphatic rings. The highest BCUT2D eigenvalue weighted by atomic mass is 35.5. The number of piperazine rings is 1. The molecule has 0 bridgehead atoms. The van der Waals surface area contributed by atoms with E-state index in [4.69, 9.17) is 4.98 Å². The van der Waals surface area contributed by atoms with Crippen LogP contribution in [0, 0.1) is 0 Å². The van der Waals surface area contributed by atoms with Gasteiger partial charge in [0.1, 0.15) is 0 Å². The molecule has 1 aliphatic heterocycles. The number of hydrogen-bond acceptors (Lipinski definition) is 4. The van der Waals surface area contributed by atoms with Gasteiger partial charge in [0, 0.05) is 44.0 Å². The van der Waals surface area contributed by atoms with E-state index in [1.807, 2.05) is 0 Å². The van der Waals surface area contributed by atoms with Crippen LogP contribution in [0.2, 0.25) is 0 Å². The Bertz CT molecular complexity index is 562. The van der Waals surface area contributed by atoms with Gasteiger partial charge in [-0.3, -0.25) is 4.90 Å². The lowest BCUT2D eigenvalue weighted by atomic mass is 10.1. The molecule has 0 saturated carbocycles. The van der Waals surface area contributed by atoms with Gasteiger partial charge in [-0.15, -0.1) is 36.2 Å². The highest BCUT2D eigenvalue weighted by Gasteiger charge is 2.18. The normalized spacial score (nSPS) is 18.0. The molecule has 1 aromatic carbocycles. The van der Waals surface area contributed by atoms with Gasteiger partial charge in [0.25, 0.3) is 0 Å². The third-order valence-corrected chi connectivity index (χ3v) is 5.03. The zero-order valence-electron chi connectivity index (χ0n) is 13.4.